The molecule has 1 saturated heterocycles. The maximum absolute atomic E-state index is 4.38. The van der Waals surface area contributed by atoms with Gasteiger partial charge in [0.05, 0.1) is 5.03 Å². The molecular weight excluding hydrogens is 180 g/mol. The molecule has 2 heterocycles. The van der Waals surface area contributed by atoms with Gasteiger partial charge < -0.3 is 5.32 Å². The summed E-state index contributed by atoms with van der Waals surface area (Å²) in [7, 11) is 0. The van der Waals surface area contributed by atoms with Crippen LogP contribution in [0.4, 0.5) is 0 Å². The maximum Gasteiger partial charge on any atom is 0.0992 e. The Bertz CT molecular complexity index is 282. The third kappa shape index (κ3) is 1.86. The van der Waals surface area contributed by atoms with Gasteiger partial charge in [-0.1, -0.05) is 6.07 Å². The van der Waals surface area contributed by atoms with Gasteiger partial charge in [-0.25, -0.2) is 4.98 Å². The number of aromatic nitrogens is 1. The van der Waals surface area contributed by atoms with Crippen molar-refractivity contribution in [2.45, 2.75) is 17.4 Å². The van der Waals surface area contributed by atoms with Gasteiger partial charge in [0.25, 0.3) is 0 Å². The summed E-state index contributed by atoms with van der Waals surface area (Å²) in [5, 5.41) is 4.58. The smallest absolute Gasteiger partial charge is 0.0992 e. The Morgan fingerprint density at radius 1 is 1.62 bits per heavy atom. The van der Waals surface area contributed by atoms with Gasteiger partial charge in [0, 0.05) is 18.7 Å². The fraction of sp³-hybridized carbons (Fsp3) is 0.500. The van der Waals surface area contributed by atoms with Crippen LogP contribution in [0, 0.1) is 0 Å². The monoisotopic (exact) mass is 194 g/mol. The Morgan fingerprint density at radius 3 is 3.23 bits per heavy atom. The van der Waals surface area contributed by atoms with Crippen LogP contribution in [0.5, 0.6) is 0 Å². The molecule has 2 rings (SSSR count). The van der Waals surface area contributed by atoms with E-state index in [9.17, 15) is 0 Å². The number of nitrogens with zero attached hydrogens (tertiary/aromatic N) is 1. The van der Waals surface area contributed by atoms with E-state index in [1.165, 1.54) is 17.0 Å². The zero-order valence-electron chi connectivity index (χ0n) is 7.79. The number of pyridine rings is 1. The lowest BCUT2D eigenvalue weighted by Gasteiger charge is -2.11. The lowest BCUT2D eigenvalue weighted by atomic mass is 10.0. The molecule has 1 aromatic heterocycles. The van der Waals surface area contributed by atoms with Gasteiger partial charge in [0.1, 0.15) is 0 Å². The van der Waals surface area contributed by atoms with Crippen LogP contribution in [0.25, 0.3) is 0 Å². The second-order valence-electron chi connectivity index (χ2n) is 3.29. The fourth-order valence-corrected chi connectivity index (χ4v) is 2.44. The lowest BCUT2D eigenvalue weighted by Crippen LogP contribution is -2.08. The molecule has 70 valence electrons. The average Bonchev–Trinajstić information content (AvgIpc) is 2.70. The summed E-state index contributed by atoms with van der Waals surface area (Å²) in [5.41, 5.74) is 1.42. The van der Waals surface area contributed by atoms with Crippen LogP contribution in [0.15, 0.2) is 23.4 Å². The maximum atomic E-state index is 4.38. The second-order valence-corrected chi connectivity index (χ2v) is 4.09. The van der Waals surface area contributed by atoms with Crippen LogP contribution in [0.3, 0.4) is 0 Å². The quantitative estimate of drug-likeness (QED) is 0.728. The van der Waals surface area contributed by atoms with Crippen molar-refractivity contribution >= 4 is 11.8 Å². The highest BCUT2D eigenvalue weighted by molar-refractivity contribution is 7.98. The molecule has 1 aromatic rings. The highest BCUT2D eigenvalue weighted by Crippen LogP contribution is 2.28. The van der Waals surface area contributed by atoms with E-state index in [1.807, 2.05) is 12.3 Å². The standard InChI is InChI=1S/C10H14N2S/c1-13-10-9(3-2-5-12-10)8-4-6-11-7-8/h2-3,5,8,11H,4,6-7H2,1H3. The molecule has 0 aliphatic carbocycles. The van der Waals surface area contributed by atoms with E-state index in [-0.39, 0.29) is 0 Å². The Labute approximate surface area is 83.1 Å². The molecule has 1 aliphatic rings. The molecule has 1 aliphatic heterocycles. The zero-order valence-corrected chi connectivity index (χ0v) is 8.60. The van der Waals surface area contributed by atoms with Gasteiger partial charge in [-0.3, -0.25) is 0 Å². The molecule has 0 saturated carbocycles. The van der Waals surface area contributed by atoms with Gasteiger partial charge in [-0.2, -0.15) is 0 Å². The molecule has 0 bridgehead atoms. The zero-order chi connectivity index (χ0) is 9.10. The molecule has 13 heavy (non-hydrogen) atoms. The third-order valence-corrected chi connectivity index (χ3v) is 3.22. The van der Waals surface area contributed by atoms with Crippen molar-refractivity contribution in [1.82, 2.24) is 10.3 Å². The summed E-state index contributed by atoms with van der Waals surface area (Å²) < 4.78 is 0. The normalized spacial score (nSPS) is 22.1. The average molecular weight is 194 g/mol. The predicted octanol–water partition coefficient (Wildman–Crippen LogP) is 1.88. The van der Waals surface area contributed by atoms with Crippen molar-refractivity contribution in [3.05, 3.63) is 23.9 Å². The molecule has 1 fully saturated rings. The van der Waals surface area contributed by atoms with E-state index >= 15 is 0 Å². The summed E-state index contributed by atoms with van der Waals surface area (Å²) in [4.78, 5) is 4.38. The van der Waals surface area contributed by atoms with Crippen molar-refractivity contribution in [3.63, 3.8) is 0 Å². The first kappa shape index (κ1) is 9.03. The van der Waals surface area contributed by atoms with Gasteiger partial charge in [0.2, 0.25) is 0 Å². The third-order valence-electron chi connectivity index (χ3n) is 2.49. The van der Waals surface area contributed by atoms with Crippen LogP contribution in [0.1, 0.15) is 17.9 Å². The van der Waals surface area contributed by atoms with Crippen LogP contribution in [-0.2, 0) is 0 Å². The van der Waals surface area contributed by atoms with Gasteiger partial charge in [-0.15, -0.1) is 11.8 Å². The molecule has 0 amide bonds. The topological polar surface area (TPSA) is 24.9 Å². The Balaban J connectivity index is 2.26. The minimum atomic E-state index is 0.677. The van der Waals surface area contributed by atoms with Gasteiger partial charge >= 0.3 is 0 Å². The van der Waals surface area contributed by atoms with Crippen LogP contribution in [-0.4, -0.2) is 24.3 Å². The first-order chi connectivity index (χ1) is 6.42. The van der Waals surface area contributed by atoms with E-state index in [2.05, 4.69) is 22.6 Å². The van der Waals surface area contributed by atoms with Crippen LogP contribution < -0.4 is 5.32 Å². The molecule has 2 nitrogen and oxygen atoms in total. The minimum Gasteiger partial charge on any atom is -0.316 e. The molecule has 1 atom stereocenters. The Kier molecular flexibility index (Phi) is 2.86. The SMILES string of the molecule is CSc1ncccc1C1CCNC1. The lowest BCUT2D eigenvalue weighted by molar-refractivity contribution is 0.735. The number of thioether (sulfide) groups is 1. The van der Waals surface area contributed by atoms with E-state index in [4.69, 9.17) is 0 Å². The molecule has 1 unspecified atom stereocenters. The minimum absolute atomic E-state index is 0.677. The number of rotatable bonds is 2. The summed E-state index contributed by atoms with van der Waals surface area (Å²) in [6.45, 7) is 2.26. The van der Waals surface area contributed by atoms with Crippen molar-refractivity contribution in [2.75, 3.05) is 19.3 Å². The van der Waals surface area contributed by atoms with Crippen molar-refractivity contribution in [2.24, 2.45) is 0 Å². The van der Waals surface area contributed by atoms with Crippen LogP contribution in [0.2, 0.25) is 0 Å². The first-order valence-electron chi connectivity index (χ1n) is 4.61. The molecule has 0 aromatic carbocycles. The van der Waals surface area contributed by atoms with Crippen molar-refractivity contribution < 1.29 is 0 Å². The van der Waals surface area contributed by atoms with E-state index in [0.29, 0.717) is 5.92 Å². The molecule has 1 N–H and O–H groups in total. The predicted molar refractivity (Wildman–Crippen MR) is 56.2 cm³/mol. The largest absolute Gasteiger partial charge is 0.316 e. The highest BCUT2D eigenvalue weighted by atomic mass is 32.2. The number of nitrogens with one attached hydrogen (secondary N) is 1. The molecule has 0 spiro atoms. The van der Waals surface area contributed by atoms with E-state index in [1.54, 1.807) is 11.8 Å². The molecule has 3 heteroatoms. The number of hydrogen-bond acceptors (Lipinski definition) is 3. The Morgan fingerprint density at radius 2 is 2.54 bits per heavy atom. The summed E-state index contributed by atoms with van der Waals surface area (Å²) in [6, 6.07) is 4.24. The van der Waals surface area contributed by atoms with Gasteiger partial charge in [0.15, 0.2) is 0 Å². The summed E-state index contributed by atoms with van der Waals surface area (Å²) >= 11 is 1.74. The summed E-state index contributed by atoms with van der Waals surface area (Å²) in [5.74, 6) is 0.677. The van der Waals surface area contributed by atoms with E-state index < -0.39 is 0 Å². The first-order valence-corrected chi connectivity index (χ1v) is 5.84. The fourth-order valence-electron chi connectivity index (χ4n) is 1.80. The molecule has 0 radical (unpaired) electrons. The van der Waals surface area contributed by atoms with Gasteiger partial charge in [-0.05, 0) is 30.9 Å². The van der Waals surface area contributed by atoms with Crippen LogP contribution >= 0.6 is 11.8 Å². The summed E-state index contributed by atoms with van der Waals surface area (Å²) in [6.07, 6.45) is 5.21. The molecular formula is C10H14N2S. The number of hydrogen-bond donors (Lipinski definition) is 1. The highest BCUT2D eigenvalue weighted by Gasteiger charge is 2.19. The Hall–Kier alpha value is -0.540. The van der Waals surface area contributed by atoms with Crippen molar-refractivity contribution in [1.29, 1.82) is 0 Å². The van der Waals surface area contributed by atoms with E-state index in [0.717, 1.165) is 13.1 Å². The second kappa shape index (κ2) is 4.11. The van der Waals surface area contributed by atoms with Crippen molar-refractivity contribution in [3.8, 4) is 0 Å².